The summed E-state index contributed by atoms with van der Waals surface area (Å²) >= 11 is 0. The van der Waals surface area contributed by atoms with E-state index in [4.69, 9.17) is 5.53 Å². The minimum absolute atomic E-state index is 0.448. The fraction of sp³-hybridized carbons (Fsp3) is 1.00. The monoisotopic (exact) mass is 158 g/mol. The molecule has 5 heteroatoms. The Morgan fingerprint density at radius 1 is 1.73 bits per heavy atom. The van der Waals surface area contributed by atoms with Crippen LogP contribution in [-0.4, -0.2) is 37.3 Å². The summed E-state index contributed by atoms with van der Waals surface area (Å²) in [5, 5.41) is 3.38. The van der Waals surface area contributed by atoms with Gasteiger partial charge in [0.15, 0.2) is 0 Å². The highest BCUT2D eigenvalue weighted by molar-refractivity contribution is 4.74. The molecule has 0 aromatic rings. The van der Waals surface area contributed by atoms with Crippen molar-refractivity contribution in [2.75, 3.05) is 26.2 Å². The first kappa shape index (κ1) is 8.30. The number of likely N-dealkylation sites (tertiary alicyclic amines) is 1. The van der Waals surface area contributed by atoms with Crippen molar-refractivity contribution in [3.05, 3.63) is 10.4 Å². The van der Waals surface area contributed by atoms with Gasteiger partial charge in [0.2, 0.25) is 0 Å². The third kappa shape index (κ3) is 2.74. The van der Waals surface area contributed by atoms with Gasteiger partial charge in [0, 0.05) is 31.1 Å². The predicted molar refractivity (Wildman–Crippen MR) is 40.0 cm³/mol. The molecule has 1 rings (SSSR count). The van der Waals surface area contributed by atoms with Gasteiger partial charge in [-0.05, 0) is 12.0 Å². The van der Waals surface area contributed by atoms with E-state index in [2.05, 4.69) is 10.0 Å². The number of azide groups is 1. The molecule has 1 saturated heterocycles. The molecule has 0 spiro atoms. The molecular formula is C6H11FN4. The zero-order valence-corrected chi connectivity index (χ0v) is 6.28. The smallest absolute Gasteiger partial charge is 0.114 e. The van der Waals surface area contributed by atoms with Crippen LogP contribution in [0.25, 0.3) is 10.4 Å². The van der Waals surface area contributed by atoms with E-state index in [0.717, 1.165) is 6.54 Å². The summed E-state index contributed by atoms with van der Waals surface area (Å²) in [5.74, 6) is 0. The van der Waals surface area contributed by atoms with Gasteiger partial charge in [0.25, 0.3) is 0 Å². The van der Waals surface area contributed by atoms with Crippen LogP contribution >= 0.6 is 0 Å². The van der Waals surface area contributed by atoms with Crippen LogP contribution in [0.3, 0.4) is 0 Å². The highest BCUT2D eigenvalue weighted by atomic mass is 19.1. The maximum absolute atomic E-state index is 12.5. The van der Waals surface area contributed by atoms with E-state index in [1.807, 2.05) is 4.90 Å². The van der Waals surface area contributed by atoms with Crippen LogP contribution in [-0.2, 0) is 0 Å². The molecule has 0 amide bonds. The van der Waals surface area contributed by atoms with Gasteiger partial charge in [0.1, 0.15) is 6.17 Å². The molecular weight excluding hydrogens is 147 g/mol. The zero-order chi connectivity index (χ0) is 8.10. The lowest BCUT2D eigenvalue weighted by molar-refractivity contribution is 0.293. The van der Waals surface area contributed by atoms with E-state index in [1.54, 1.807) is 0 Å². The maximum atomic E-state index is 12.5. The molecule has 0 aliphatic carbocycles. The third-order valence-corrected chi connectivity index (χ3v) is 1.79. The second kappa shape index (κ2) is 4.16. The quantitative estimate of drug-likeness (QED) is 0.347. The van der Waals surface area contributed by atoms with Crippen LogP contribution in [0, 0.1) is 0 Å². The van der Waals surface area contributed by atoms with E-state index in [0.29, 0.717) is 26.1 Å². The molecule has 0 radical (unpaired) electrons. The van der Waals surface area contributed by atoms with Crippen LogP contribution < -0.4 is 0 Å². The van der Waals surface area contributed by atoms with Crippen molar-refractivity contribution < 1.29 is 4.39 Å². The molecule has 0 N–H and O–H groups in total. The summed E-state index contributed by atoms with van der Waals surface area (Å²) in [6.45, 7) is 2.43. The van der Waals surface area contributed by atoms with Crippen LogP contribution in [0.2, 0.25) is 0 Å². The molecule has 62 valence electrons. The maximum Gasteiger partial charge on any atom is 0.114 e. The Labute approximate surface area is 64.6 Å². The van der Waals surface area contributed by atoms with Crippen LogP contribution in [0.1, 0.15) is 6.42 Å². The lowest BCUT2D eigenvalue weighted by Gasteiger charge is -2.11. The molecule has 1 aliphatic heterocycles. The van der Waals surface area contributed by atoms with Crippen molar-refractivity contribution in [3.63, 3.8) is 0 Å². The van der Waals surface area contributed by atoms with Gasteiger partial charge in [0.05, 0.1) is 0 Å². The van der Waals surface area contributed by atoms with Crippen LogP contribution in [0.5, 0.6) is 0 Å². The molecule has 1 fully saturated rings. The minimum Gasteiger partial charge on any atom is -0.300 e. The predicted octanol–water partition coefficient (Wildman–Crippen LogP) is 1.34. The van der Waals surface area contributed by atoms with E-state index in [-0.39, 0.29) is 0 Å². The Bertz CT molecular complexity index is 166. The lowest BCUT2D eigenvalue weighted by Crippen LogP contribution is -2.23. The summed E-state index contributed by atoms with van der Waals surface area (Å²) < 4.78 is 12.5. The third-order valence-electron chi connectivity index (χ3n) is 1.79. The van der Waals surface area contributed by atoms with E-state index in [9.17, 15) is 4.39 Å². The van der Waals surface area contributed by atoms with Crippen molar-refractivity contribution in [1.29, 1.82) is 0 Å². The zero-order valence-electron chi connectivity index (χ0n) is 6.28. The number of hydrogen-bond donors (Lipinski definition) is 0. The van der Waals surface area contributed by atoms with E-state index < -0.39 is 6.17 Å². The van der Waals surface area contributed by atoms with Crippen molar-refractivity contribution in [2.24, 2.45) is 5.11 Å². The molecule has 4 nitrogen and oxygen atoms in total. The lowest BCUT2D eigenvalue weighted by atomic mass is 10.3. The topological polar surface area (TPSA) is 52.0 Å². The second-order valence-electron chi connectivity index (χ2n) is 2.64. The highest BCUT2D eigenvalue weighted by Crippen LogP contribution is 2.10. The first-order valence-electron chi connectivity index (χ1n) is 3.70. The summed E-state index contributed by atoms with van der Waals surface area (Å²) in [4.78, 5) is 4.59. The average molecular weight is 158 g/mol. The van der Waals surface area contributed by atoms with E-state index in [1.165, 1.54) is 0 Å². The molecule has 1 heterocycles. The van der Waals surface area contributed by atoms with Crippen molar-refractivity contribution in [3.8, 4) is 0 Å². The first-order valence-corrected chi connectivity index (χ1v) is 3.70. The SMILES string of the molecule is [N-]=[N+]=NCCN1CC[C@@H](F)C1. The second-order valence-corrected chi connectivity index (χ2v) is 2.64. The van der Waals surface area contributed by atoms with Crippen molar-refractivity contribution in [2.45, 2.75) is 12.6 Å². The Balaban J connectivity index is 2.13. The molecule has 11 heavy (non-hydrogen) atoms. The van der Waals surface area contributed by atoms with Gasteiger partial charge in [-0.25, -0.2) is 4.39 Å². The van der Waals surface area contributed by atoms with Gasteiger partial charge >= 0.3 is 0 Å². The molecule has 0 aromatic carbocycles. The van der Waals surface area contributed by atoms with Crippen LogP contribution in [0.15, 0.2) is 5.11 Å². The number of hydrogen-bond acceptors (Lipinski definition) is 2. The first-order chi connectivity index (χ1) is 5.33. The summed E-state index contributed by atoms with van der Waals surface area (Å²) in [7, 11) is 0. The Morgan fingerprint density at radius 2 is 2.55 bits per heavy atom. The van der Waals surface area contributed by atoms with Gasteiger partial charge < -0.3 is 4.90 Å². The van der Waals surface area contributed by atoms with Gasteiger partial charge in [-0.2, -0.15) is 0 Å². The van der Waals surface area contributed by atoms with Crippen molar-refractivity contribution >= 4 is 0 Å². The number of halogens is 1. The normalized spacial score (nSPS) is 25.0. The van der Waals surface area contributed by atoms with Gasteiger partial charge in [-0.1, -0.05) is 5.11 Å². The Kier molecular flexibility index (Phi) is 3.14. The summed E-state index contributed by atoms with van der Waals surface area (Å²) in [6, 6.07) is 0. The molecule has 0 aromatic heterocycles. The van der Waals surface area contributed by atoms with Crippen LogP contribution in [0.4, 0.5) is 4.39 Å². The largest absolute Gasteiger partial charge is 0.300 e. The number of nitrogens with zero attached hydrogens (tertiary/aromatic N) is 4. The molecule has 1 atom stereocenters. The summed E-state index contributed by atoms with van der Waals surface area (Å²) in [6.07, 6.45) is -0.0583. The van der Waals surface area contributed by atoms with Crippen molar-refractivity contribution in [1.82, 2.24) is 4.90 Å². The minimum atomic E-state index is -0.680. The fourth-order valence-corrected chi connectivity index (χ4v) is 1.22. The average Bonchev–Trinajstić information content (AvgIpc) is 2.37. The molecule has 1 aliphatic rings. The standard InChI is InChI=1S/C6H11FN4/c7-6-1-3-11(5-6)4-2-9-10-8/h6H,1-5H2/t6-/m1/s1. The highest BCUT2D eigenvalue weighted by Gasteiger charge is 2.20. The Morgan fingerprint density at radius 3 is 3.09 bits per heavy atom. The van der Waals surface area contributed by atoms with E-state index >= 15 is 0 Å². The Hall–Kier alpha value is -0.800. The number of rotatable bonds is 3. The molecule has 0 unspecified atom stereocenters. The van der Waals surface area contributed by atoms with Gasteiger partial charge in [-0.3, -0.25) is 0 Å². The van der Waals surface area contributed by atoms with Gasteiger partial charge in [-0.15, -0.1) is 0 Å². The summed E-state index contributed by atoms with van der Waals surface area (Å²) in [5.41, 5.74) is 7.96. The number of alkyl halides is 1. The molecule has 0 bridgehead atoms. The fourth-order valence-electron chi connectivity index (χ4n) is 1.22. The molecule has 0 saturated carbocycles.